The summed E-state index contributed by atoms with van der Waals surface area (Å²) in [7, 11) is 0. The summed E-state index contributed by atoms with van der Waals surface area (Å²) >= 11 is 0. The first kappa shape index (κ1) is 19.6. The summed E-state index contributed by atoms with van der Waals surface area (Å²) in [5.41, 5.74) is 3.97. The molecule has 5 aromatic heterocycles. The smallest absolute Gasteiger partial charge is 0.311 e. The van der Waals surface area contributed by atoms with Gasteiger partial charge in [0.05, 0.1) is 36.7 Å². The lowest BCUT2D eigenvalue weighted by molar-refractivity contribution is 0.0692. The van der Waals surface area contributed by atoms with Gasteiger partial charge in [-0.3, -0.25) is 9.89 Å². The summed E-state index contributed by atoms with van der Waals surface area (Å²) in [5, 5.41) is 18.3. The molecule has 0 unspecified atom stereocenters. The molecule has 6 rings (SSSR count). The van der Waals surface area contributed by atoms with Crippen LogP contribution in [-0.2, 0) is 13.0 Å². The standard InChI is InChI=1S/C13H13N7O2.C7H5FN2/c1-7-4-16-17-10(7)11-18-19-12(22-11)13(21)20-3-2-8-9(5-20)15-6-14-8;8-6-2-1-5-10-7(6)3-4-9-10/h4,6H,2-3,5H2,1H3,(H,14,15)(H,16,17);1-5H. The maximum Gasteiger partial charge on any atom is 0.311 e. The van der Waals surface area contributed by atoms with Crippen molar-refractivity contribution >= 4 is 11.4 Å². The molecule has 11 nitrogen and oxygen atoms in total. The van der Waals surface area contributed by atoms with E-state index in [0.717, 1.165) is 17.0 Å². The van der Waals surface area contributed by atoms with Crippen LogP contribution in [0.15, 0.2) is 47.5 Å². The van der Waals surface area contributed by atoms with Crippen LogP contribution in [0.2, 0.25) is 0 Å². The lowest BCUT2D eigenvalue weighted by Crippen LogP contribution is -2.36. The molecule has 0 aromatic carbocycles. The summed E-state index contributed by atoms with van der Waals surface area (Å²) in [6.07, 6.45) is 7.29. The van der Waals surface area contributed by atoms with Gasteiger partial charge in [-0.05, 0) is 30.7 Å². The van der Waals surface area contributed by atoms with Crippen LogP contribution in [0.5, 0.6) is 0 Å². The number of halogens is 1. The SMILES string of the molecule is Cc1cn[nH]c1-c1nnc(C(=O)N2CCc3nc[nH]c3C2)o1.Fc1cccn2nccc12. The first-order valence-electron chi connectivity index (χ1n) is 9.82. The Balaban J connectivity index is 0.000000180. The summed E-state index contributed by atoms with van der Waals surface area (Å²) < 4.78 is 19.7. The molecule has 0 radical (unpaired) electrons. The van der Waals surface area contributed by atoms with Gasteiger partial charge < -0.3 is 14.3 Å². The molecule has 0 aliphatic carbocycles. The number of carbonyl (C=O) groups excluding carboxylic acids is 1. The molecule has 0 fully saturated rings. The second kappa shape index (κ2) is 8.06. The van der Waals surface area contributed by atoms with Gasteiger partial charge in [0.15, 0.2) is 0 Å². The Morgan fingerprint density at radius 1 is 1.28 bits per heavy atom. The van der Waals surface area contributed by atoms with Crippen LogP contribution in [-0.4, -0.2) is 57.3 Å². The van der Waals surface area contributed by atoms with E-state index >= 15 is 0 Å². The van der Waals surface area contributed by atoms with E-state index in [0.29, 0.717) is 30.7 Å². The quantitative estimate of drug-likeness (QED) is 0.434. The Morgan fingerprint density at radius 3 is 3.00 bits per heavy atom. The number of amides is 1. The molecule has 162 valence electrons. The summed E-state index contributed by atoms with van der Waals surface area (Å²) in [6.45, 7) is 2.92. The molecule has 2 N–H and O–H groups in total. The average molecular weight is 435 g/mol. The zero-order chi connectivity index (χ0) is 22.1. The van der Waals surface area contributed by atoms with E-state index in [1.807, 2.05) is 6.92 Å². The molecule has 0 saturated carbocycles. The maximum atomic E-state index is 12.8. The number of imidazole rings is 1. The molecule has 32 heavy (non-hydrogen) atoms. The van der Waals surface area contributed by atoms with Crippen molar-refractivity contribution < 1.29 is 13.6 Å². The number of H-pyrrole nitrogens is 2. The first-order chi connectivity index (χ1) is 15.6. The minimum absolute atomic E-state index is 0.0213. The fraction of sp³-hybridized carbons (Fsp3) is 0.200. The molecule has 0 atom stereocenters. The van der Waals surface area contributed by atoms with E-state index in [1.165, 1.54) is 10.6 Å². The topological polar surface area (TPSA) is 134 Å². The molecular weight excluding hydrogens is 417 g/mol. The number of rotatable bonds is 2. The molecule has 0 spiro atoms. The fourth-order valence-electron chi connectivity index (χ4n) is 3.41. The second-order valence-electron chi connectivity index (χ2n) is 7.16. The van der Waals surface area contributed by atoms with Crippen molar-refractivity contribution in [1.82, 2.24) is 44.9 Å². The van der Waals surface area contributed by atoms with Crippen LogP contribution in [0.3, 0.4) is 0 Å². The number of fused-ring (bicyclic) bond motifs is 2. The zero-order valence-electron chi connectivity index (χ0n) is 17.0. The Hall–Kier alpha value is -4.35. The van der Waals surface area contributed by atoms with Crippen LogP contribution in [0.25, 0.3) is 17.1 Å². The number of carbonyl (C=O) groups is 1. The van der Waals surface area contributed by atoms with Crippen molar-refractivity contribution in [3.63, 3.8) is 0 Å². The van der Waals surface area contributed by atoms with Gasteiger partial charge in [-0.2, -0.15) is 10.2 Å². The molecule has 6 heterocycles. The van der Waals surface area contributed by atoms with Crippen LogP contribution in [0.4, 0.5) is 4.39 Å². The highest BCUT2D eigenvalue weighted by Crippen LogP contribution is 2.21. The molecule has 12 heteroatoms. The number of hydrogen-bond donors (Lipinski definition) is 2. The third-order valence-corrected chi connectivity index (χ3v) is 5.10. The van der Waals surface area contributed by atoms with Crippen molar-refractivity contribution in [1.29, 1.82) is 0 Å². The van der Waals surface area contributed by atoms with E-state index in [1.54, 1.807) is 42.0 Å². The van der Waals surface area contributed by atoms with Crippen molar-refractivity contribution in [2.24, 2.45) is 0 Å². The Morgan fingerprint density at radius 2 is 2.19 bits per heavy atom. The van der Waals surface area contributed by atoms with E-state index in [-0.39, 0.29) is 23.5 Å². The third-order valence-electron chi connectivity index (χ3n) is 5.10. The number of hydrogen-bond acceptors (Lipinski definition) is 7. The van der Waals surface area contributed by atoms with Crippen molar-refractivity contribution in [3.05, 3.63) is 71.8 Å². The predicted molar refractivity (Wildman–Crippen MR) is 109 cm³/mol. The highest BCUT2D eigenvalue weighted by atomic mass is 19.1. The summed E-state index contributed by atoms with van der Waals surface area (Å²) in [6, 6.07) is 4.67. The van der Waals surface area contributed by atoms with Gasteiger partial charge in [0.2, 0.25) is 0 Å². The largest absolute Gasteiger partial charge is 0.411 e. The Kier molecular flexibility index (Phi) is 4.94. The van der Waals surface area contributed by atoms with Crippen LogP contribution in [0, 0.1) is 12.7 Å². The molecule has 0 saturated heterocycles. The van der Waals surface area contributed by atoms with Gasteiger partial charge in [-0.25, -0.2) is 13.9 Å². The number of pyridine rings is 1. The maximum absolute atomic E-state index is 12.8. The molecule has 1 amide bonds. The molecular formula is C20H18FN9O2. The Labute approximate surface area is 180 Å². The Bertz CT molecular complexity index is 1380. The molecule has 1 aliphatic heterocycles. The third kappa shape index (κ3) is 3.62. The lowest BCUT2D eigenvalue weighted by atomic mass is 10.1. The molecule has 5 aromatic rings. The number of aromatic amines is 2. The first-order valence-corrected chi connectivity index (χ1v) is 9.82. The monoisotopic (exact) mass is 435 g/mol. The van der Waals surface area contributed by atoms with Gasteiger partial charge in [-0.15, -0.1) is 10.2 Å². The van der Waals surface area contributed by atoms with Gasteiger partial charge in [0, 0.05) is 19.2 Å². The van der Waals surface area contributed by atoms with Crippen molar-refractivity contribution in [2.75, 3.05) is 6.54 Å². The summed E-state index contributed by atoms with van der Waals surface area (Å²) in [4.78, 5) is 21.4. The number of aryl methyl sites for hydroxylation is 1. The van der Waals surface area contributed by atoms with Crippen LogP contribution >= 0.6 is 0 Å². The van der Waals surface area contributed by atoms with Gasteiger partial charge >= 0.3 is 11.8 Å². The average Bonchev–Trinajstić information content (AvgIpc) is 3.59. The van der Waals surface area contributed by atoms with Crippen molar-refractivity contribution in [2.45, 2.75) is 19.9 Å². The van der Waals surface area contributed by atoms with E-state index < -0.39 is 0 Å². The minimum atomic E-state index is -0.281. The van der Waals surface area contributed by atoms with Crippen LogP contribution < -0.4 is 0 Å². The van der Waals surface area contributed by atoms with E-state index in [4.69, 9.17) is 4.42 Å². The van der Waals surface area contributed by atoms with Crippen LogP contribution in [0.1, 0.15) is 27.6 Å². The second-order valence-corrected chi connectivity index (χ2v) is 7.16. The molecule has 1 aliphatic rings. The van der Waals surface area contributed by atoms with Gasteiger partial charge in [0.25, 0.3) is 5.89 Å². The number of nitrogens with one attached hydrogen (secondary N) is 2. The van der Waals surface area contributed by atoms with Crippen molar-refractivity contribution in [3.8, 4) is 11.6 Å². The van der Waals surface area contributed by atoms with E-state index in [9.17, 15) is 9.18 Å². The number of nitrogens with zero attached hydrogens (tertiary/aromatic N) is 7. The normalized spacial score (nSPS) is 13.0. The highest BCUT2D eigenvalue weighted by Gasteiger charge is 2.27. The summed E-state index contributed by atoms with van der Waals surface area (Å²) in [5.74, 6) is -0.277. The van der Waals surface area contributed by atoms with Gasteiger partial charge in [-0.1, -0.05) is 0 Å². The fourth-order valence-corrected chi connectivity index (χ4v) is 3.41. The van der Waals surface area contributed by atoms with E-state index in [2.05, 4.69) is 35.5 Å². The number of aromatic nitrogens is 8. The van der Waals surface area contributed by atoms with Gasteiger partial charge in [0.1, 0.15) is 17.0 Å². The highest BCUT2D eigenvalue weighted by molar-refractivity contribution is 5.89. The predicted octanol–water partition coefficient (Wildman–Crippen LogP) is 2.16. The minimum Gasteiger partial charge on any atom is -0.411 e. The lowest BCUT2D eigenvalue weighted by Gasteiger charge is -2.24. The zero-order valence-corrected chi connectivity index (χ0v) is 17.0. The molecule has 0 bridgehead atoms.